The molecular formula is C16H21NO3S. The topological polar surface area (TPSA) is 55.4 Å². The maximum Gasteiger partial charge on any atom is 0.297 e. The van der Waals surface area contributed by atoms with Gasteiger partial charge in [-0.25, -0.2) is 0 Å². The van der Waals surface area contributed by atoms with Crippen LogP contribution in [0.1, 0.15) is 37.7 Å². The fourth-order valence-corrected chi connectivity index (χ4v) is 4.24. The highest BCUT2D eigenvalue weighted by Gasteiger charge is 2.37. The van der Waals surface area contributed by atoms with Crippen molar-refractivity contribution in [1.82, 2.24) is 5.32 Å². The SMILES string of the molecule is Cc1ccc(S(=O)(=O)OC2CCC3(CC=CN3)CC2)cc1. The van der Waals surface area contributed by atoms with Crippen LogP contribution >= 0.6 is 0 Å². The smallest absolute Gasteiger partial charge is 0.297 e. The van der Waals surface area contributed by atoms with E-state index in [1.165, 1.54) is 0 Å². The molecule has 1 spiro atoms. The number of nitrogens with one attached hydrogen (secondary N) is 1. The van der Waals surface area contributed by atoms with Crippen molar-refractivity contribution in [2.45, 2.75) is 55.6 Å². The molecule has 5 heteroatoms. The highest BCUT2D eigenvalue weighted by Crippen LogP contribution is 2.36. The third-order valence-corrected chi connectivity index (χ3v) is 5.85. The van der Waals surface area contributed by atoms with E-state index in [0.29, 0.717) is 0 Å². The Bertz CT molecular complexity index is 616. The maximum absolute atomic E-state index is 12.3. The molecule has 21 heavy (non-hydrogen) atoms. The third kappa shape index (κ3) is 3.14. The van der Waals surface area contributed by atoms with Gasteiger partial charge in [-0.2, -0.15) is 8.42 Å². The molecule has 1 aliphatic heterocycles. The van der Waals surface area contributed by atoms with Gasteiger partial charge in [-0.1, -0.05) is 23.8 Å². The summed E-state index contributed by atoms with van der Waals surface area (Å²) in [5.74, 6) is 0. The molecule has 1 aromatic carbocycles. The first kappa shape index (κ1) is 14.6. The number of hydrogen-bond acceptors (Lipinski definition) is 4. The van der Waals surface area contributed by atoms with E-state index in [0.717, 1.165) is 37.7 Å². The molecule has 4 nitrogen and oxygen atoms in total. The van der Waals surface area contributed by atoms with Crippen LogP contribution in [0.3, 0.4) is 0 Å². The average molecular weight is 307 g/mol. The molecule has 0 unspecified atom stereocenters. The summed E-state index contributed by atoms with van der Waals surface area (Å²) in [7, 11) is -3.65. The highest BCUT2D eigenvalue weighted by atomic mass is 32.2. The predicted octanol–water partition coefficient (Wildman–Crippen LogP) is 2.89. The van der Waals surface area contributed by atoms with Crippen molar-refractivity contribution in [3.05, 3.63) is 42.1 Å². The summed E-state index contributed by atoms with van der Waals surface area (Å²) in [6.45, 7) is 1.93. The molecule has 0 atom stereocenters. The van der Waals surface area contributed by atoms with Gasteiger partial charge in [-0.15, -0.1) is 0 Å². The predicted molar refractivity (Wildman–Crippen MR) is 81.3 cm³/mol. The van der Waals surface area contributed by atoms with Crippen LogP contribution in [0.5, 0.6) is 0 Å². The summed E-state index contributed by atoms with van der Waals surface area (Å²) in [5.41, 5.74) is 1.18. The molecular weight excluding hydrogens is 286 g/mol. The largest absolute Gasteiger partial charge is 0.385 e. The highest BCUT2D eigenvalue weighted by molar-refractivity contribution is 7.86. The van der Waals surface area contributed by atoms with Gasteiger partial charge in [-0.3, -0.25) is 4.18 Å². The summed E-state index contributed by atoms with van der Waals surface area (Å²) in [6, 6.07) is 6.80. The minimum Gasteiger partial charge on any atom is -0.385 e. The summed E-state index contributed by atoms with van der Waals surface area (Å²) < 4.78 is 30.0. The fraction of sp³-hybridized carbons (Fsp3) is 0.500. The minimum absolute atomic E-state index is 0.146. The van der Waals surface area contributed by atoms with Gasteiger partial charge in [0.1, 0.15) is 0 Å². The average Bonchev–Trinajstić information content (AvgIpc) is 2.90. The Morgan fingerprint density at radius 3 is 2.43 bits per heavy atom. The fourth-order valence-electron chi connectivity index (χ4n) is 3.11. The van der Waals surface area contributed by atoms with Crippen molar-refractivity contribution in [2.75, 3.05) is 0 Å². The Morgan fingerprint density at radius 1 is 1.19 bits per heavy atom. The lowest BCUT2D eigenvalue weighted by molar-refractivity contribution is 0.118. The normalized spacial score (nSPS) is 28.7. The van der Waals surface area contributed by atoms with Crippen LogP contribution in [-0.2, 0) is 14.3 Å². The molecule has 0 amide bonds. The van der Waals surface area contributed by atoms with E-state index < -0.39 is 10.1 Å². The zero-order valence-corrected chi connectivity index (χ0v) is 13.0. The molecule has 1 heterocycles. The lowest BCUT2D eigenvalue weighted by Crippen LogP contribution is -2.44. The van der Waals surface area contributed by atoms with Gasteiger partial charge < -0.3 is 5.32 Å². The lowest BCUT2D eigenvalue weighted by atomic mass is 9.79. The van der Waals surface area contributed by atoms with Crippen molar-refractivity contribution in [3.8, 4) is 0 Å². The molecule has 1 saturated carbocycles. The molecule has 1 aromatic rings. The first-order valence-electron chi connectivity index (χ1n) is 7.42. The van der Waals surface area contributed by atoms with Crippen LogP contribution in [0.15, 0.2) is 41.4 Å². The molecule has 0 radical (unpaired) electrons. The van der Waals surface area contributed by atoms with E-state index in [4.69, 9.17) is 4.18 Å². The molecule has 114 valence electrons. The van der Waals surface area contributed by atoms with E-state index in [-0.39, 0.29) is 16.5 Å². The quantitative estimate of drug-likeness (QED) is 0.872. The van der Waals surface area contributed by atoms with Crippen LogP contribution in [0.25, 0.3) is 0 Å². The molecule has 1 aliphatic carbocycles. The second-order valence-corrected chi connectivity index (χ2v) is 7.67. The molecule has 1 fully saturated rings. The molecule has 2 aliphatic rings. The van der Waals surface area contributed by atoms with E-state index in [9.17, 15) is 8.42 Å². The first-order valence-corrected chi connectivity index (χ1v) is 8.83. The van der Waals surface area contributed by atoms with E-state index in [1.807, 2.05) is 13.1 Å². The summed E-state index contributed by atoms with van der Waals surface area (Å²) >= 11 is 0. The molecule has 0 saturated heterocycles. The zero-order chi connectivity index (χ0) is 14.9. The lowest BCUT2D eigenvalue weighted by Gasteiger charge is -2.37. The summed E-state index contributed by atoms with van der Waals surface area (Å²) in [6.07, 6.45) is 8.44. The summed E-state index contributed by atoms with van der Waals surface area (Å²) in [4.78, 5) is 0.244. The maximum atomic E-state index is 12.3. The van der Waals surface area contributed by atoms with Crippen molar-refractivity contribution < 1.29 is 12.6 Å². The second kappa shape index (κ2) is 5.46. The Hall–Kier alpha value is -1.33. The number of hydrogen-bond donors (Lipinski definition) is 1. The Kier molecular flexibility index (Phi) is 3.80. The van der Waals surface area contributed by atoms with Crippen molar-refractivity contribution >= 4 is 10.1 Å². The van der Waals surface area contributed by atoms with Crippen molar-refractivity contribution in [1.29, 1.82) is 0 Å². The molecule has 0 aromatic heterocycles. The number of rotatable bonds is 3. The summed E-state index contributed by atoms with van der Waals surface area (Å²) in [5, 5.41) is 3.41. The van der Waals surface area contributed by atoms with Crippen LogP contribution in [0.2, 0.25) is 0 Å². The van der Waals surface area contributed by atoms with Crippen molar-refractivity contribution in [2.24, 2.45) is 0 Å². The molecule has 1 N–H and O–H groups in total. The van der Waals surface area contributed by atoms with Crippen LogP contribution in [0.4, 0.5) is 0 Å². The number of aryl methyl sites for hydroxylation is 1. The number of benzene rings is 1. The standard InChI is InChI=1S/C16H21NO3S/c1-13-3-5-15(6-4-13)21(18,19)20-14-7-10-16(11-8-14)9-2-12-17-16/h2-6,12,14,17H,7-11H2,1H3. The van der Waals surface area contributed by atoms with Crippen LogP contribution in [0, 0.1) is 6.92 Å². The van der Waals surface area contributed by atoms with Gasteiger partial charge in [0.25, 0.3) is 10.1 Å². The van der Waals surface area contributed by atoms with Gasteiger partial charge in [0, 0.05) is 5.54 Å². The zero-order valence-electron chi connectivity index (χ0n) is 12.2. The van der Waals surface area contributed by atoms with E-state index in [1.54, 1.807) is 24.3 Å². The Morgan fingerprint density at radius 2 is 1.86 bits per heavy atom. The third-order valence-electron chi connectivity index (χ3n) is 4.48. The molecule has 3 rings (SSSR count). The Balaban J connectivity index is 1.63. The van der Waals surface area contributed by atoms with Gasteiger partial charge in [0.15, 0.2) is 0 Å². The van der Waals surface area contributed by atoms with E-state index in [2.05, 4.69) is 11.4 Å². The van der Waals surface area contributed by atoms with Gasteiger partial charge in [0.05, 0.1) is 11.0 Å². The minimum atomic E-state index is -3.65. The van der Waals surface area contributed by atoms with Gasteiger partial charge >= 0.3 is 0 Å². The first-order chi connectivity index (χ1) is 9.99. The van der Waals surface area contributed by atoms with Crippen LogP contribution < -0.4 is 5.32 Å². The Labute approximate surface area is 126 Å². The molecule has 0 bridgehead atoms. The second-order valence-electron chi connectivity index (χ2n) is 6.09. The van der Waals surface area contributed by atoms with Crippen molar-refractivity contribution in [3.63, 3.8) is 0 Å². The monoisotopic (exact) mass is 307 g/mol. The van der Waals surface area contributed by atoms with Gasteiger partial charge in [-0.05, 0) is 57.4 Å². The van der Waals surface area contributed by atoms with Gasteiger partial charge in [0.2, 0.25) is 0 Å². The van der Waals surface area contributed by atoms with Crippen LogP contribution in [-0.4, -0.2) is 20.1 Å². The van der Waals surface area contributed by atoms with E-state index >= 15 is 0 Å².